The van der Waals surface area contributed by atoms with Crippen LogP contribution in [0.3, 0.4) is 0 Å². The molecule has 1 aromatic carbocycles. The molecular weight excluding hydrogens is 304 g/mol. The summed E-state index contributed by atoms with van der Waals surface area (Å²) in [5.41, 5.74) is 0.943. The second-order valence-corrected chi connectivity index (χ2v) is 7.03. The molecular formula is C19H28N2O3. The van der Waals surface area contributed by atoms with Gasteiger partial charge < -0.3 is 14.9 Å². The molecule has 1 saturated heterocycles. The zero-order valence-corrected chi connectivity index (χ0v) is 14.6. The molecule has 132 valence electrons. The lowest BCUT2D eigenvalue weighted by Crippen LogP contribution is -2.42. The summed E-state index contributed by atoms with van der Waals surface area (Å²) < 4.78 is 0. The molecule has 24 heavy (non-hydrogen) atoms. The number of nitrogens with zero attached hydrogens (tertiary/aromatic N) is 2. The summed E-state index contributed by atoms with van der Waals surface area (Å²) >= 11 is 0. The number of likely N-dealkylation sites (tertiary alicyclic amines) is 1. The number of carbonyl (C=O) groups excluding carboxylic acids is 1. The molecule has 0 aliphatic carbocycles. The van der Waals surface area contributed by atoms with Crippen molar-refractivity contribution in [3.63, 3.8) is 0 Å². The molecule has 0 saturated carbocycles. The topological polar surface area (TPSA) is 60.9 Å². The van der Waals surface area contributed by atoms with E-state index in [-0.39, 0.29) is 12.5 Å². The van der Waals surface area contributed by atoms with Gasteiger partial charge in [-0.3, -0.25) is 9.59 Å². The summed E-state index contributed by atoms with van der Waals surface area (Å²) in [6.07, 6.45) is 2.49. The number of carbonyl (C=O) groups is 2. The maximum Gasteiger partial charge on any atom is 0.323 e. The van der Waals surface area contributed by atoms with Crippen LogP contribution in [-0.4, -0.2) is 48.1 Å². The number of carboxylic acids is 1. The van der Waals surface area contributed by atoms with Crippen LogP contribution in [0.4, 0.5) is 5.69 Å². The molecule has 0 aromatic heterocycles. The number of anilines is 1. The summed E-state index contributed by atoms with van der Waals surface area (Å²) in [5.74, 6) is 0.240. The second-order valence-electron chi connectivity index (χ2n) is 7.03. The predicted octanol–water partition coefficient (Wildman–Crippen LogP) is 2.86. The summed E-state index contributed by atoms with van der Waals surface area (Å²) in [4.78, 5) is 27.2. The van der Waals surface area contributed by atoms with E-state index < -0.39 is 5.97 Å². The first-order chi connectivity index (χ1) is 11.5. The Kier molecular flexibility index (Phi) is 6.64. The molecule has 1 aromatic rings. The van der Waals surface area contributed by atoms with Crippen molar-refractivity contribution < 1.29 is 14.7 Å². The lowest BCUT2D eigenvalue weighted by atomic mass is 9.95. The van der Waals surface area contributed by atoms with Gasteiger partial charge in [0.15, 0.2) is 0 Å². The first-order valence-corrected chi connectivity index (χ1v) is 8.75. The van der Waals surface area contributed by atoms with E-state index in [2.05, 4.69) is 13.8 Å². The number of hydrogen-bond acceptors (Lipinski definition) is 3. The number of piperidine rings is 1. The van der Waals surface area contributed by atoms with E-state index >= 15 is 0 Å². The second kappa shape index (κ2) is 8.71. The molecule has 0 atom stereocenters. The normalized spacial score (nSPS) is 15.5. The maximum absolute atomic E-state index is 12.1. The highest BCUT2D eigenvalue weighted by atomic mass is 16.4. The monoisotopic (exact) mass is 332 g/mol. The Bertz CT molecular complexity index is 537. The Labute approximate surface area is 144 Å². The molecule has 1 heterocycles. The maximum atomic E-state index is 12.1. The van der Waals surface area contributed by atoms with Crippen LogP contribution in [0.2, 0.25) is 0 Å². The van der Waals surface area contributed by atoms with E-state index in [1.165, 1.54) is 0 Å². The molecule has 1 aliphatic heterocycles. The Balaban J connectivity index is 1.90. The van der Waals surface area contributed by atoms with Gasteiger partial charge in [-0.05, 0) is 36.8 Å². The number of aliphatic carboxylic acids is 1. The summed E-state index contributed by atoms with van der Waals surface area (Å²) in [7, 11) is 0. The first kappa shape index (κ1) is 18.3. The smallest absolute Gasteiger partial charge is 0.323 e. The van der Waals surface area contributed by atoms with Crippen molar-refractivity contribution >= 4 is 17.6 Å². The highest BCUT2D eigenvalue weighted by Gasteiger charge is 2.25. The Morgan fingerprint density at radius 1 is 1.21 bits per heavy atom. The molecule has 1 amide bonds. The fraction of sp³-hybridized carbons (Fsp3) is 0.579. The standard InChI is InChI=1S/C19H28N2O3/c1-15(2)12-18(22)20-10-8-16(9-11-20)13-21(14-19(23)24)17-6-4-3-5-7-17/h3-7,15-16H,8-14H2,1-2H3,(H,23,24). The van der Waals surface area contributed by atoms with Crippen molar-refractivity contribution in [2.75, 3.05) is 31.1 Å². The molecule has 0 unspecified atom stereocenters. The predicted molar refractivity (Wildman–Crippen MR) is 95.0 cm³/mol. The van der Waals surface area contributed by atoms with Crippen LogP contribution in [0.1, 0.15) is 33.1 Å². The van der Waals surface area contributed by atoms with Gasteiger partial charge in [0.1, 0.15) is 6.54 Å². The number of amides is 1. The van der Waals surface area contributed by atoms with Gasteiger partial charge in [-0.2, -0.15) is 0 Å². The number of carboxylic acid groups (broad SMARTS) is 1. The largest absolute Gasteiger partial charge is 0.480 e. The quantitative estimate of drug-likeness (QED) is 0.834. The highest BCUT2D eigenvalue weighted by molar-refractivity contribution is 5.76. The Hall–Kier alpha value is -2.04. The van der Waals surface area contributed by atoms with Crippen molar-refractivity contribution in [2.45, 2.75) is 33.1 Å². The van der Waals surface area contributed by atoms with Gasteiger partial charge in [0, 0.05) is 31.7 Å². The van der Waals surface area contributed by atoms with Crippen molar-refractivity contribution in [1.82, 2.24) is 4.90 Å². The third-order valence-corrected chi connectivity index (χ3v) is 4.48. The number of benzene rings is 1. The SMILES string of the molecule is CC(C)CC(=O)N1CCC(CN(CC(=O)O)c2ccccc2)CC1. The van der Waals surface area contributed by atoms with Crippen molar-refractivity contribution in [1.29, 1.82) is 0 Å². The van der Waals surface area contributed by atoms with E-state index in [4.69, 9.17) is 0 Å². The number of rotatable bonds is 7. The summed E-state index contributed by atoms with van der Waals surface area (Å²) in [5, 5.41) is 9.18. The molecule has 1 N–H and O–H groups in total. The third-order valence-electron chi connectivity index (χ3n) is 4.48. The highest BCUT2D eigenvalue weighted by Crippen LogP contribution is 2.23. The van der Waals surface area contributed by atoms with E-state index in [0.29, 0.717) is 18.3 Å². The van der Waals surface area contributed by atoms with Crippen LogP contribution in [0.25, 0.3) is 0 Å². The third kappa shape index (κ3) is 5.55. The summed E-state index contributed by atoms with van der Waals surface area (Å²) in [6, 6.07) is 9.68. The lowest BCUT2D eigenvalue weighted by Gasteiger charge is -2.35. The van der Waals surface area contributed by atoms with Gasteiger partial charge in [-0.15, -0.1) is 0 Å². The fourth-order valence-electron chi connectivity index (χ4n) is 3.22. The Morgan fingerprint density at radius 2 is 1.83 bits per heavy atom. The average Bonchev–Trinajstić information content (AvgIpc) is 2.54. The minimum atomic E-state index is -0.816. The van der Waals surface area contributed by atoms with Crippen LogP contribution < -0.4 is 4.90 Å². The van der Waals surface area contributed by atoms with Gasteiger partial charge >= 0.3 is 5.97 Å². The van der Waals surface area contributed by atoms with Crippen molar-refractivity contribution in [3.05, 3.63) is 30.3 Å². The van der Waals surface area contributed by atoms with E-state index in [1.807, 2.05) is 40.1 Å². The van der Waals surface area contributed by atoms with E-state index in [9.17, 15) is 14.7 Å². The number of para-hydroxylation sites is 1. The van der Waals surface area contributed by atoms with Gasteiger partial charge in [0.25, 0.3) is 0 Å². The van der Waals surface area contributed by atoms with Crippen molar-refractivity contribution in [2.24, 2.45) is 11.8 Å². The van der Waals surface area contributed by atoms with Gasteiger partial charge in [0.05, 0.1) is 0 Å². The fourth-order valence-corrected chi connectivity index (χ4v) is 3.22. The van der Waals surface area contributed by atoms with Crippen LogP contribution >= 0.6 is 0 Å². The molecule has 2 rings (SSSR count). The summed E-state index contributed by atoms with van der Waals surface area (Å²) in [6.45, 7) is 6.43. The van der Waals surface area contributed by atoms with Crippen LogP contribution in [-0.2, 0) is 9.59 Å². The minimum absolute atomic E-state index is 0.0104. The van der Waals surface area contributed by atoms with E-state index in [0.717, 1.165) is 38.2 Å². The van der Waals surface area contributed by atoms with E-state index in [1.54, 1.807) is 0 Å². The molecule has 0 bridgehead atoms. The number of hydrogen-bond donors (Lipinski definition) is 1. The molecule has 0 spiro atoms. The average molecular weight is 332 g/mol. The zero-order chi connectivity index (χ0) is 17.5. The van der Waals surface area contributed by atoms with Crippen LogP contribution in [0.15, 0.2) is 30.3 Å². The van der Waals surface area contributed by atoms with Crippen LogP contribution in [0.5, 0.6) is 0 Å². The van der Waals surface area contributed by atoms with Gasteiger partial charge in [0.2, 0.25) is 5.91 Å². The van der Waals surface area contributed by atoms with Gasteiger partial charge in [-0.25, -0.2) is 0 Å². The molecule has 5 heteroatoms. The molecule has 1 fully saturated rings. The molecule has 0 radical (unpaired) electrons. The molecule has 1 aliphatic rings. The zero-order valence-electron chi connectivity index (χ0n) is 14.6. The lowest BCUT2D eigenvalue weighted by molar-refractivity contribution is -0.135. The Morgan fingerprint density at radius 3 is 2.38 bits per heavy atom. The first-order valence-electron chi connectivity index (χ1n) is 8.75. The van der Waals surface area contributed by atoms with Crippen molar-refractivity contribution in [3.8, 4) is 0 Å². The molecule has 5 nitrogen and oxygen atoms in total. The minimum Gasteiger partial charge on any atom is -0.480 e. The van der Waals surface area contributed by atoms with Gasteiger partial charge in [-0.1, -0.05) is 32.0 Å². The van der Waals surface area contributed by atoms with Crippen LogP contribution in [0, 0.1) is 11.8 Å².